The molecule has 1 nitrogen and oxygen atoms in total. The maximum atomic E-state index is 2.41. The summed E-state index contributed by atoms with van der Waals surface area (Å²) in [6.07, 6.45) is 0. The second kappa shape index (κ2) is 12.8. The van der Waals surface area contributed by atoms with E-state index in [1.165, 1.54) is 77.2 Å². The van der Waals surface area contributed by atoms with Crippen molar-refractivity contribution in [2.45, 2.75) is 19.3 Å². The van der Waals surface area contributed by atoms with Gasteiger partial charge < -0.3 is 4.90 Å². The smallest absolute Gasteiger partial charge is 0.0465 e. The molecule has 0 unspecified atom stereocenters. The van der Waals surface area contributed by atoms with Crippen LogP contribution in [0.4, 0.5) is 17.1 Å². The highest BCUT2D eigenvalue weighted by atomic mass is 15.1. The van der Waals surface area contributed by atoms with Gasteiger partial charge in [0.2, 0.25) is 0 Å². The van der Waals surface area contributed by atoms with E-state index in [4.69, 9.17) is 0 Å². The zero-order chi connectivity index (χ0) is 36.2. The first-order valence-corrected chi connectivity index (χ1v) is 18.8. The average molecular weight is 690 g/mol. The number of benzene rings is 9. The van der Waals surface area contributed by atoms with E-state index >= 15 is 0 Å². The summed E-state index contributed by atoms with van der Waals surface area (Å²) < 4.78 is 0. The molecule has 0 amide bonds. The van der Waals surface area contributed by atoms with Gasteiger partial charge in [0.1, 0.15) is 0 Å². The van der Waals surface area contributed by atoms with Crippen LogP contribution in [0.3, 0.4) is 0 Å². The molecule has 0 spiro atoms. The Morgan fingerprint density at radius 3 is 1.61 bits per heavy atom. The van der Waals surface area contributed by atoms with Gasteiger partial charge in [-0.15, -0.1) is 0 Å². The van der Waals surface area contributed by atoms with Crippen LogP contribution in [0.1, 0.15) is 25.0 Å². The second-order valence-corrected chi connectivity index (χ2v) is 15.0. The van der Waals surface area contributed by atoms with Crippen molar-refractivity contribution in [1.29, 1.82) is 0 Å². The molecule has 9 aromatic rings. The summed E-state index contributed by atoms with van der Waals surface area (Å²) in [6.45, 7) is 4.70. The highest BCUT2D eigenvalue weighted by Crippen LogP contribution is 2.50. The molecule has 0 saturated carbocycles. The third-order valence-electron chi connectivity index (χ3n) is 11.5. The first-order chi connectivity index (χ1) is 26.5. The van der Waals surface area contributed by atoms with Crippen molar-refractivity contribution in [3.8, 4) is 44.5 Å². The Bertz CT molecular complexity index is 2830. The third-order valence-corrected chi connectivity index (χ3v) is 11.5. The maximum absolute atomic E-state index is 2.41. The fraction of sp³-hybridized carbons (Fsp3) is 0.0566. The highest BCUT2D eigenvalue weighted by Gasteiger charge is 2.35. The minimum absolute atomic E-state index is 0.0873. The normalized spacial score (nSPS) is 12.8. The number of rotatable bonds is 6. The van der Waals surface area contributed by atoms with Crippen LogP contribution in [0.5, 0.6) is 0 Å². The number of anilines is 3. The van der Waals surface area contributed by atoms with Gasteiger partial charge in [0.15, 0.2) is 0 Å². The molecule has 1 heteroatoms. The predicted molar refractivity (Wildman–Crippen MR) is 230 cm³/mol. The van der Waals surface area contributed by atoms with Crippen molar-refractivity contribution in [3.63, 3.8) is 0 Å². The van der Waals surface area contributed by atoms with E-state index in [0.717, 1.165) is 17.1 Å². The fourth-order valence-electron chi connectivity index (χ4n) is 8.67. The van der Waals surface area contributed by atoms with Gasteiger partial charge in [0.05, 0.1) is 0 Å². The van der Waals surface area contributed by atoms with Crippen molar-refractivity contribution >= 4 is 38.6 Å². The first-order valence-electron chi connectivity index (χ1n) is 18.8. The second-order valence-electron chi connectivity index (χ2n) is 15.0. The molecule has 0 fully saturated rings. The van der Waals surface area contributed by atoms with Crippen molar-refractivity contribution in [2.75, 3.05) is 4.90 Å². The van der Waals surface area contributed by atoms with Crippen molar-refractivity contribution in [3.05, 3.63) is 211 Å². The van der Waals surface area contributed by atoms with E-state index in [9.17, 15) is 0 Å². The highest BCUT2D eigenvalue weighted by molar-refractivity contribution is 6.13. The molecule has 1 aliphatic carbocycles. The third kappa shape index (κ3) is 5.32. The van der Waals surface area contributed by atoms with E-state index in [0.29, 0.717) is 0 Å². The van der Waals surface area contributed by atoms with Gasteiger partial charge in [-0.1, -0.05) is 166 Å². The molecule has 0 heterocycles. The number of fused-ring (bicyclic) bond motifs is 6. The lowest BCUT2D eigenvalue weighted by Crippen LogP contribution is -2.16. The summed E-state index contributed by atoms with van der Waals surface area (Å²) >= 11 is 0. The van der Waals surface area contributed by atoms with Crippen LogP contribution in [0.25, 0.3) is 66.1 Å². The lowest BCUT2D eigenvalue weighted by Gasteiger charge is -2.28. The predicted octanol–water partition coefficient (Wildman–Crippen LogP) is 14.8. The van der Waals surface area contributed by atoms with Crippen LogP contribution < -0.4 is 4.90 Å². The number of nitrogens with zero attached hydrogens (tertiary/aromatic N) is 1. The molecule has 0 atom stereocenters. The molecule has 0 N–H and O–H groups in total. The van der Waals surface area contributed by atoms with Crippen LogP contribution in [0.2, 0.25) is 0 Å². The Hall–Kier alpha value is -6.70. The Morgan fingerprint density at radius 1 is 0.315 bits per heavy atom. The minimum atomic E-state index is -0.0873. The summed E-state index contributed by atoms with van der Waals surface area (Å²) in [5.41, 5.74) is 16.0. The molecule has 256 valence electrons. The van der Waals surface area contributed by atoms with Crippen molar-refractivity contribution < 1.29 is 0 Å². The van der Waals surface area contributed by atoms with E-state index in [2.05, 4.69) is 219 Å². The van der Waals surface area contributed by atoms with Crippen LogP contribution in [0, 0.1) is 0 Å². The zero-order valence-corrected chi connectivity index (χ0v) is 30.5. The zero-order valence-electron chi connectivity index (χ0n) is 30.5. The molecule has 1 aliphatic rings. The standard InChI is InChI=1S/C53H39N/c1-53(2)51-22-11-10-21-48(51)49-32-31-44(35-52(49)53)54(42-27-23-37(24-28-42)36-13-4-3-5-14-36)43-29-25-38(26-30-43)39-16-12-17-40(33-39)50-34-41-15-6-7-18-45(41)46-19-8-9-20-47(46)50/h3-35H,1-2H3. The number of hydrogen-bond acceptors (Lipinski definition) is 1. The van der Waals surface area contributed by atoms with Crippen LogP contribution in [-0.4, -0.2) is 0 Å². The van der Waals surface area contributed by atoms with Gasteiger partial charge in [-0.05, 0) is 126 Å². The van der Waals surface area contributed by atoms with Crippen LogP contribution in [-0.2, 0) is 5.41 Å². The van der Waals surface area contributed by atoms with Gasteiger partial charge in [-0.2, -0.15) is 0 Å². The summed E-state index contributed by atoms with van der Waals surface area (Å²) in [7, 11) is 0. The maximum Gasteiger partial charge on any atom is 0.0465 e. The summed E-state index contributed by atoms with van der Waals surface area (Å²) in [6, 6.07) is 73.3. The molecule has 0 bridgehead atoms. The Labute approximate surface area is 317 Å². The number of hydrogen-bond donors (Lipinski definition) is 0. The quantitative estimate of drug-likeness (QED) is 0.157. The monoisotopic (exact) mass is 689 g/mol. The van der Waals surface area contributed by atoms with Gasteiger partial charge in [-0.3, -0.25) is 0 Å². The molecular weight excluding hydrogens is 651 g/mol. The summed E-state index contributed by atoms with van der Waals surface area (Å²) in [4.78, 5) is 2.40. The lowest BCUT2D eigenvalue weighted by atomic mass is 9.82. The van der Waals surface area contributed by atoms with E-state index in [1.54, 1.807) is 0 Å². The van der Waals surface area contributed by atoms with Crippen LogP contribution in [0.15, 0.2) is 200 Å². The van der Waals surface area contributed by atoms with Crippen LogP contribution >= 0.6 is 0 Å². The fourth-order valence-corrected chi connectivity index (χ4v) is 8.67. The Morgan fingerprint density at radius 2 is 0.852 bits per heavy atom. The van der Waals surface area contributed by atoms with Gasteiger partial charge >= 0.3 is 0 Å². The van der Waals surface area contributed by atoms with Gasteiger partial charge in [-0.25, -0.2) is 0 Å². The van der Waals surface area contributed by atoms with Gasteiger partial charge in [0, 0.05) is 22.5 Å². The molecule has 54 heavy (non-hydrogen) atoms. The molecule has 9 aromatic carbocycles. The molecule has 0 saturated heterocycles. The Kier molecular flexibility index (Phi) is 7.56. The Balaban J connectivity index is 1.05. The average Bonchev–Trinajstić information content (AvgIpc) is 3.47. The van der Waals surface area contributed by atoms with E-state index in [-0.39, 0.29) is 5.41 Å². The van der Waals surface area contributed by atoms with E-state index in [1.807, 2.05) is 0 Å². The first kappa shape index (κ1) is 32.0. The van der Waals surface area contributed by atoms with E-state index < -0.39 is 0 Å². The lowest BCUT2D eigenvalue weighted by molar-refractivity contribution is 0.660. The minimum Gasteiger partial charge on any atom is -0.310 e. The topological polar surface area (TPSA) is 3.24 Å². The summed E-state index contributed by atoms with van der Waals surface area (Å²) in [5, 5.41) is 5.12. The molecule has 10 rings (SSSR count). The molecule has 0 aliphatic heterocycles. The molecular formula is C53H39N. The van der Waals surface area contributed by atoms with Crippen molar-refractivity contribution in [2.24, 2.45) is 0 Å². The molecule has 0 radical (unpaired) electrons. The summed E-state index contributed by atoms with van der Waals surface area (Å²) in [5.74, 6) is 0. The van der Waals surface area contributed by atoms with Gasteiger partial charge in [0.25, 0.3) is 0 Å². The largest absolute Gasteiger partial charge is 0.310 e. The van der Waals surface area contributed by atoms with Crippen molar-refractivity contribution in [1.82, 2.24) is 0 Å². The SMILES string of the molecule is CC1(C)c2ccccc2-c2ccc(N(c3ccc(-c4ccccc4)cc3)c3ccc(-c4cccc(-c5cc6ccccc6c6ccccc56)c4)cc3)cc21. The molecule has 0 aromatic heterocycles.